The summed E-state index contributed by atoms with van der Waals surface area (Å²) < 4.78 is 11.2. The minimum atomic E-state index is 0.314. The zero-order chi connectivity index (χ0) is 11.5. The van der Waals surface area contributed by atoms with E-state index in [4.69, 9.17) is 9.15 Å². The molecule has 4 heteroatoms. The van der Waals surface area contributed by atoms with Crippen LogP contribution in [0.3, 0.4) is 0 Å². The number of benzene rings is 1. The fraction of sp³-hybridized carbons (Fsp3) is 0.462. The van der Waals surface area contributed by atoms with Gasteiger partial charge in [-0.2, -0.15) is 0 Å². The van der Waals surface area contributed by atoms with E-state index >= 15 is 0 Å². The first-order valence-electron chi connectivity index (χ1n) is 6.12. The molecule has 0 bridgehead atoms. The van der Waals surface area contributed by atoms with E-state index in [9.17, 15) is 0 Å². The van der Waals surface area contributed by atoms with Gasteiger partial charge in [0.1, 0.15) is 11.3 Å². The van der Waals surface area contributed by atoms with E-state index in [-0.39, 0.29) is 0 Å². The summed E-state index contributed by atoms with van der Waals surface area (Å²) in [6.07, 6.45) is 5.14. The summed E-state index contributed by atoms with van der Waals surface area (Å²) >= 11 is 0. The second-order valence-electron chi connectivity index (χ2n) is 4.40. The highest BCUT2D eigenvalue weighted by atomic mass is 16.5. The van der Waals surface area contributed by atoms with E-state index in [1.54, 1.807) is 0 Å². The third kappa shape index (κ3) is 2.42. The monoisotopic (exact) mass is 232 g/mol. The summed E-state index contributed by atoms with van der Waals surface area (Å²) in [5.74, 6) is 0.887. The molecular formula is C13H16N2O2. The molecule has 1 fully saturated rings. The van der Waals surface area contributed by atoms with E-state index in [0.29, 0.717) is 6.10 Å². The van der Waals surface area contributed by atoms with Gasteiger partial charge in [0.2, 0.25) is 0 Å². The lowest BCUT2D eigenvalue weighted by molar-refractivity contribution is 0.188. The molecular weight excluding hydrogens is 216 g/mol. The molecule has 0 saturated carbocycles. The van der Waals surface area contributed by atoms with Crippen molar-refractivity contribution in [3.63, 3.8) is 0 Å². The fourth-order valence-electron chi connectivity index (χ4n) is 2.21. The maximum Gasteiger partial charge on any atom is 0.181 e. The Bertz CT molecular complexity index is 487. The molecule has 0 spiro atoms. The molecule has 1 atom stereocenters. The van der Waals surface area contributed by atoms with Crippen molar-refractivity contribution >= 4 is 11.1 Å². The molecule has 0 amide bonds. The standard InChI is InChI=1S/C13H16N2O2/c1-2-10(5-7-14-6-1)17-11-3-4-13-12(8-11)15-9-16-13/h3-4,8-10,14H,1-2,5-7H2. The number of ether oxygens (including phenoxy) is 1. The highest BCUT2D eigenvalue weighted by molar-refractivity contribution is 5.73. The molecule has 1 N–H and O–H groups in total. The Morgan fingerprint density at radius 1 is 1.29 bits per heavy atom. The number of rotatable bonds is 2. The van der Waals surface area contributed by atoms with Crippen molar-refractivity contribution in [3.05, 3.63) is 24.6 Å². The van der Waals surface area contributed by atoms with Crippen LogP contribution in [0.1, 0.15) is 19.3 Å². The van der Waals surface area contributed by atoms with Crippen molar-refractivity contribution in [1.82, 2.24) is 10.3 Å². The molecule has 1 saturated heterocycles. The van der Waals surface area contributed by atoms with E-state index in [1.807, 2.05) is 18.2 Å². The lowest BCUT2D eigenvalue weighted by Gasteiger charge is -2.16. The zero-order valence-electron chi connectivity index (χ0n) is 9.69. The maximum atomic E-state index is 5.99. The Morgan fingerprint density at radius 2 is 2.29 bits per heavy atom. The lowest BCUT2D eigenvalue weighted by atomic mass is 10.1. The van der Waals surface area contributed by atoms with Crippen molar-refractivity contribution in [3.8, 4) is 5.75 Å². The Hall–Kier alpha value is -1.55. The minimum absolute atomic E-state index is 0.314. The summed E-state index contributed by atoms with van der Waals surface area (Å²) in [6, 6.07) is 5.80. The highest BCUT2D eigenvalue weighted by Gasteiger charge is 2.13. The van der Waals surface area contributed by atoms with Gasteiger partial charge < -0.3 is 14.5 Å². The largest absolute Gasteiger partial charge is 0.490 e. The normalized spacial score (nSPS) is 21.3. The SMILES string of the molecule is c1nc2cc(OC3CCCNCC3)ccc2o1. The zero-order valence-corrected chi connectivity index (χ0v) is 9.69. The van der Waals surface area contributed by atoms with E-state index < -0.39 is 0 Å². The van der Waals surface area contributed by atoms with Crippen molar-refractivity contribution in [2.24, 2.45) is 0 Å². The topological polar surface area (TPSA) is 47.3 Å². The van der Waals surface area contributed by atoms with Crippen LogP contribution in [0.2, 0.25) is 0 Å². The van der Waals surface area contributed by atoms with Gasteiger partial charge in [-0.15, -0.1) is 0 Å². The molecule has 1 unspecified atom stereocenters. The van der Waals surface area contributed by atoms with E-state index in [1.165, 1.54) is 12.8 Å². The first-order chi connectivity index (χ1) is 8.42. The molecule has 2 aromatic rings. The Kier molecular flexibility index (Phi) is 2.96. The summed E-state index contributed by atoms with van der Waals surface area (Å²) in [4.78, 5) is 4.13. The number of hydrogen-bond acceptors (Lipinski definition) is 4. The van der Waals surface area contributed by atoms with E-state index in [2.05, 4.69) is 10.3 Å². The van der Waals surface area contributed by atoms with Crippen LogP contribution in [-0.4, -0.2) is 24.2 Å². The van der Waals surface area contributed by atoms with Crippen LogP contribution in [0, 0.1) is 0 Å². The summed E-state index contributed by atoms with van der Waals surface area (Å²) in [6.45, 7) is 2.14. The number of aromatic nitrogens is 1. The number of nitrogens with one attached hydrogen (secondary N) is 1. The molecule has 0 radical (unpaired) electrons. The van der Waals surface area contributed by atoms with Gasteiger partial charge in [-0.1, -0.05) is 0 Å². The first kappa shape index (κ1) is 10.6. The van der Waals surface area contributed by atoms with Crippen LogP contribution in [0.4, 0.5) is 0 Å². The molecule has 1 aromatic carbocycles. The first-order valence-corrected chi connectivity index (χ1v) is 6.12. The molecule has 1 aliphatic heterocycles. The molecule has 2 heterocycles. The van der Waals surface area contributed by atoms with Crippen LogP contribution < -0.4 is 10.1 Å². The van der Waals surface area contributed by atoms with Gasteiger partial charge in [0.05, 0.1) is 6.10 Å². The molecule has 4 nitrogen and oxygen atoms in total. The summed E-state index contributed by atoms with van der Waals surface area (Å²) in [7, 11) is 0. The van der Waals surface area contributed by atoms with E-state index in [0.717, 1.165) is 42.8 Å². The Morgan fingerprint density at radius 3 is 3.29 bits per heavy atom. The average Bonchev–Trinajstić information content (AvgIpc) is 2.65. The number of nitrogens with zero attached hydrogens (tertiary/aromatic N) is 1. The van der Waals surface area contributed by atoms with Gasteiger partial charge in [-0.3, -0.25) is 0 Å². The molecule has 17 heavy (non-hydrogen) atoms. The third-order valence-corrected chi connectivity index (χ3v) is 3.13. The van der Waals surface area contributed by atoms with Crippen LogP contribution in [0.15, 0.2) is 29.0 Å². The molecule has 0 aliphatic carbocycles. The molecule has 90 valence electrons. The van der Waals surface area contributed by atoms with Gasteiger partial charge in [-0.25, -0.2) is 4.98 Å². The van der Waals surface area contributed by atoms with Gasteiger partial charge in [0.25, 0.3) is 0 Å². The van der Waals surface area contributed by atoms with Gasteiger partial charge >= 0.3 is 0 Å². The van der Waals surface area contributed by atoms with Gasteiger partial charge in [0, 0.05) is 6.07 Å². The Labute approximate surface area is 100.0 Å². The predicted molar refractivity (Wildman–Crippen MR) is 65.1 cm³/mol. The smallest absolute Gasteiger partial charge is 0.181 e. The second kappa shape index (κ2) is 4.75. The van der Waals surface area contributed by atoms with Crippen LogP contribution in [-0.2, 0) is 0 Å². The molecule has 1 aliphatic rings. The third-order valence-electron chi connectivity index (χ3n) is 3.13. The predicted octanol–water partition coefficient (Wildman–Crippen LogP) is 2.35. The van der Waals surface area contributed by atoms with Gasteiger partial charge in [0.15, 0.2) is 12.0 Å². The van der Waals surface area contributed by atoms with Crippen molar-refractivity contribution < 1.29 is 9.15 Å². The molecule has 3 rings (SSSR count). The second-order valence-corrected chi connectivity index (χ2v) is 4.40. The summed E-state index contributed by atoms with van der Waals surface area (Å²) in [5.41, 5.74) is 1.66. The molecule has 1 aromatic heterocycles. The number of oxazole rings is 1. The quantitative estimate of drug-likeness (QED) is 0.863. The number of hydrogen-bond donors (Lipinski definition) is 1. The van der Waals surface area contributed by atoms with Crippen molar-refractivity contribution in [1.29, 1.82) is 0 Å². The van der Waals surface area contributed by atoms with Crippen LogP contribution >= 0.6 is 0 Å². The minimum Gasteiger partial charge on any atom is -0.490 e. The Balaban J connectivity index is 1.74. The maximum absolute atomic E-state index is 5.99. The number of fused-ring (bicyclic) bond motifs is 1. The van der Waals surface area contributed by atoms with Crippen molar-refractivity contribution in [2.75, 3.05) is 13.1 Å². The van der Waals surface area contributed by atoms with Crippen LogP contribution in [0.25, 0.3) is 11.1 Å². The summed E-state index contributed by atoms with van der Waals surface area (Å²) in [5, 5.41) is 3.38. The van der Waals surface area contributed by atoms with Gasteiger partial charge in [-0.05, 0) is 44.5 Å². The van der Waals surface area contributed by atoms with Crippen molar-refractivity contribution in [2.45, 2.75) is 25.4 Å². The lowest BCUT2D eigenvalue weighted by Crippen LogP contribution is -2.19. The highest BCUT2D eigenvalue weighted by Crippen LogP contribution is 2.22. The van der Waals surface area contributed by atoms with Crippen LogP contribution in [0.5, 0.6) is 5.75 Å². The fourth-order valence-corrected chi connectivity index (χ4v) is 2.21. The average molecular weight is 232 g/mol.